The van der Waals surface area contributed by atoms with Gasteiger partial charge < -0.3 is 9.80 Å². The van der Waals surface area contributed by atoms with E-state index in [1.54, 1.807) is 23.5 Å². The average molecular weight is 789 g/mol. The molecule has 56 heavy (non-hydrogen) atoms. The Morgan fingerprint density at radius 3 is 1.02 bits per heavy atom. The van der Waals surface area contributed by atoms with Gasteiger partial charge in [-0.3, -0.25) is 0 Å². The van der Waals surface area contributed by atoms with Crippen molar-refractivity contribution in [3.05, 3.63) is 168 Å². The fourth-order valence-corrected chi connectivity index (χ4v) is 9.69. The van der Waals surface area contributed by atoms with Crippen LogP contribution in [-0.4, -0.2) is 0 Å². The van der Waals surface area contributed by atoms with Crippen LogP contribution in [0.2, 0.25) is 0 Å². The molecule has 0 spiro atoms. The molecule has 2 aliphatic rings. The van der Waals surface area contributed by atoms with Gasteiger partial charge in [0.05, 0.1) is 45.3 Å². The van der Waals surface area contributed by atoms with Gasteiger partial charge in [0.1, 0.15) is 0 Å². The van der Waals surface area contributed by atoms with E-state index in [1.807, 2.05) is 85.8 Å². The predicted octanol–water partition coefficient (Wildman–Crippen LogP) is 15.5. The van der Waals surface area contributed by atoms with Crippen molar-refractivity contribution in [1.82, 2.24) is 0 Å². The highest BCUT2D eigenvalue weighted by atomic mass is 32.2. The first kappa shape index (κ1) is 36.1. The molecule has 0 fully saturated rings. The number of rotatable bonds is 5. The second-order valence-corrected chi connectivity index (χ2v) is 15.6. The number of alkyl halides is 6. The molecule has 0 N–H and O–H groups in total. The van der Waals surface area contributed by atoms with Gasteiger partial charge in [0.2, 0.25) is 0 Å². The summed E-state index contributed by atoms with van der Waals surface area (Å²) in [7, 11) is 0. The van der Waals surface area contributed by atoms with Crippen LogP contribution in [0.5, 0.6) is 0 Å². The monoisotopic (exact) mass is 788 g/mol. The highest BCUT2D eigenvalue weighted by molar-refractivity contribution is 8.00. The minimum Gasteiger partial charge on any atom is -0.307 e. The van der Waals surface area contributed by atoms with E-state index >= 15 is 0 Å². The van der Waals surface area contributed by atoms with Crippen LogP contribution >= 0.6 is 23.5 Å². The summed E-state index contributed by atoms with van der Waals surface area (Å²) in [6, 6.07) is 44.4. The summed E-state index contributed by atoms with van der Waals surface area (Å²) in [4.78, 5) is 8.41. The molecular weight excluding hydrogens is 759 g/mol. The van der Waals surface area contributed by atoms with Crippen molar-refractivity contribution in [2.45, 2.75) is 45.3 Å². The van der Waals surface area contributed by atoms with E-state index in [9.17, 15) is 26.3 Å². The predicted molar refractivity (Wildman–Crippen MR) is 214 cm³/mol. The van der Waals surface area contributed by atoms with E-state index < -0.39 is 23.5 Å². The lowest BCUT2D eigenvalue weighted by molar-refractivity contribution is -0.138. The van der Waals surface area contributed by atoms with Gasteiger partial charge in [-0.05, 0) is 96.4 Å². The molecule has 2 heterocycles. The molecule has 0 aliphatic carbocycles. The van der Waals surface area contributed by atoms with Crippen LogP contribution in [-0.2, 0) is 18.8 Å². The second kappa shape index (κ2) is 13.9. The third-order valence-electron chi connectivity index (χ3n) is 10.1. The van der Waals surface area contributed by atoms with Crippen LogP contribution in [0.3, 0.4) is 0 Å². The van der Waals surface area contributed by atoms with E-state index in [0.29, 0.717) is 28.7 Å². The first-order chi connectivity index (χ1) is 27.0. The highest BCUT2D eigenvalue weighted by Gasteiger charge is 2.36. The molecule has 10 heteroatoms. The summed E-state index contributed by atoms with van der Waals surface area (Å²) >= 11 is 3.29. The summed E-state index contributed by atoms with van der Waals surface area (Å²) in [5, 5.41) is 0. The van der Waals surface area contributed by atoms with Crippen molar-refractivity contribution >= 4 is 57.6 Å². The van der Waals surface area contributed by atoms with Crippen molar-refractivity contribution in [3.63, 3.8) is 0 Å². The van der Waals surface area contributed by atoms with Crippen molar-refractivity contribution in [2.75, 3.05) is 9.80 Å². The van der Waals surface area contributed by atoms with Crippen molar-refractivity contribution < 1.29 is 26.3 Å². The molecule has 0 amide bonds. The Labute approximate surface area is 328 Å². The Balaban J connectivity index is 1.44. The lowest BCUT2D eigenvalue weighted by Crippen LogP contribution is -2.22. The zero-order chi connectivity index (χ0) is 38.8. The standard InChI is InChI=1S/C46H30F6N2S2/c1-2-32-43(53-35-11-3-7-15-39(35)55-40-16-8-4-12-36(40)53)33(28-19-23-30(24-20-28)45(47,48)49)27-34(29-21-25-31(26-22-29)46(50,51)52)44(32)54-37-13-5-9-17-41(37)56-42-18-10-6-14-38(42)54/h3-27H,2H2,1H3. The Hall–Kier alpha value is -5.58. The fraction of sp³-hybridized carbons (Fsp3) is 0.0870. The number of benzene rings is 7. The number of nitrogens with zero attached hydrogens (tertiary/aromatic N) is 2. The van der Waals surface area contributed by atoms with Gasteiger partial charge >= 0.3 is 12.4 Å². The number of fused-ring (bicyclic) bond motifs is 4. The molecule has 7 aromatic rings. The van der Waals surface area contributed by atoms with Crippen LogP contribution < -0.4 is 9.80 Å². The van der Waals surface area contributed by atoms with E-state index in [2.05, 4.69) is 34.1 Å². The SMILES string of the molecule is CCc1c(N2c3ccccc3Sc3ccccc32)c(-c2ccc(C(F)(F)F)cc2)cc(-c2ccc(C(F)(F)F)cc2)c1N1c2ccccc2Sc2ccccc21. The Bertz CT molecular complexity index is 2350. The molecule has 9 rings (SSSR count). The van der Waals surface area contributed by atoms with Gasteiger partial charge in [0.25, 0.3) is 0 Å². The fourth-order valence-electron chi connectivity index (χ4n) is 7.57. The van der Waals surface area contributed by atoms with Crippen molar-refractivity contribution in [1.29, 1.82) is 0 Å². The molecular formula is C46H30F6N2S2. The van der Waals surface area contributed by atoms with E-state index in [1.165, 1.54) is 24.3 Å². The largest absolute Gasteiger partial charge is 0.416 e. The highest BCUT2D eigenvalue weighted by Crippen LogP contribution is 2.60. The summed E-state index contributed by atoms with van der Waals surface area (Å²) in [5.41, 5.74) is 6.81. The average Bonchev–Trinajstić information content (AvgIpc) is 3.20. The topological polar surface area (TPSA) is 6.48 Å². The number of hydrogen-bond acceptors (Lipinski definition) is 4. The molecule has 0 radical (unpaired) electrons. The van der Waals surface area contributed by atoms with E-state index in [0.717, 1.165) is 83.5 Å². The zero-order valence-electron chi connectivity index (χ0n) is 29.6. The van der Waals surface area contributed by atoms with Gasteiger partial charge in [-0.25, -0.2) is 0 Å². The third-order valence-corrected chi connectivity index (χ3v) is 12.3. The van der Waals surface area contributed by atoms with Crippen LogP contribution in [0, 0.1) is 0 Å². The molecule has 2 aliphatic heterocycles. The molecule has 2 nitrogen and oxygen atoms in total. The van der Waals surface area contributed by atoms with Crippen molar-refractivity contribution in [3.8, 4) is 22.3 Å². The Morgan fingerprint density at radius 2 is 0.732 bits per heavy atom. The molecule has 0 bridgehead atoms. The smallest absolute Gasteiger partial charge is 0.307 e. The maximum absolute atomic E-state index is 13.9. The van der Waals surface area contributed by atoms with E-state index in [-0.39, 0.29) is 0 Å². The van der Waals surface area contributed by atoms with Crippen LogP contribution in [0.15, 0.2) is 171 Å². The van der Waals surface area contributed by atoms with Crippen LogP contribution in [0.4, 0.5) is 60.5 Å². The van der Waals surface area contributed by atoms with Crippen molar-refractivity contribution in [2.24, 2.45) is 0 Å². The minimum absolute atomic E-state index is 0.467. The lowest BCUT2D eigenvalue weighted by Gasteiger charge is -2.40. The molecule has 0 unspecified atom stereocenters. The molecule has 278 valence electrons. The molecule has 0 aromatic heterocycles. The van der Waals surface area contributed by atoms with Crippen LogP contribution in [0.25, 0.3) is 22.3 Å². The maximum atomic E-state index is 13.9. The summed E-state index contributed by atoms with van der Waals surface area (Å²) < 4.78 is 83.7. The maximum Gasteiger partial charge on any atom is 0.416 e. The first-order valence-electron chi connectivity index (χ1n) is 17.9. The molecule has 0 saturated heterocycles. The molecule has 0 atom stereocenters. The number of anilines is 6. The van der Waals surface area contributed by atoms with E-state index in [4.69, 9.17) is 0 Å². The normalized spacial score (nSPS) is 13.5. The Morgan fingerprint density at radius 1 is 0.429 bits per heavy atom. The quantitative estimate of drug-likeness (QED) is 0.160. The summed E-state index contributed by atoms with van der Waals surface area (Å²) in [6.45, 7) is 2.04. The zero-order valence-corrected chi connectivity index (χ0v) is 31.3. The molecule has 0 saturated carbocycles. The molecule has 7 aromatic carbocycles. The number of halogens is 6. The first-order valence-corrected chi connectivity index (χ1v) is 19.5. The third kappa shape index (κ3) is 6.21. The van der Waals surface area contributed by atoms with Gasteiger partial charge in [0, 0.05) is 36.3 Å². The summed E-state index contributed by atoms with van der Waals surface area (Å²) in [6.07, 6.45) is -8.62. The van der Waals surface area contributed by atoms with Crippen LogP contribution in [0.1, 0.15) is 23.6 Å². The number of para-hydroxylation sites is 4. The lowest BCUT2D eigenvalue weighted by atomic mass is 9.88. The summed E-state index contributed by atoms with van der Waals surface area (Å²) in [5.74, 6) is 0. The van der Waals surface area contributed by atoms with Gasteiger partial charge in [-0.15, -0.1) is 0 Å². The number of hydrogen-bond donors (Lipinski definition) is 0. The minimum atomic E-state index is -4.54. The van der Waals surface area contributed by atoms with Gasteiger partial charge in [-0.1, -0.05) is 103 Å². The van der Waals surface area contributed by atoms with Gasteiger partial charge in [0.15, 0.2) is 0 Å². The van der Waals surface area contributed by atoms with Gasteiger partial charge in [-0.2, -0.15) is 26.3 Å². The second-order valence-electron chi connectivity index (χ2n) is 13.4. The Kier molecular flexibility index (Phi) is 8.93.